The van der Waals surface area contributed by atoms with Gasteiger partial charge in [-0.15, -0.1) is 0 Å². The first-order valence-electron chi connectivity index (χ1n) is 9.43. The molecule has 1 aliphatic heterocycles. The van der Waals surface area contributed by atoms with Crippen molar-refractivity contribution in [3.05, 3.63) is 107 Å². The van der Waals surface area contributed by atoms with Gasteiger partial charge < -0.3 is 15.1 Å². The average molecular weight is 421 g/mol. The number of aliphatic hydroxyl groups is 1. The van der Waals surface area contributed by atoms with Gasteiger partial charge in [0, 0.05) is 12.1 Å². The highest BCUT2D eigenvalue weighted by Crippen LogP contribution is 2.41. The molecule has 1 atom stereocenters. The van der Waals surface area contributed by atoms with Gasteiger partial charge in [0.2, 0.25) is 0 Å². The van der Waals surface area contributed by atoms with Gasteiger partial charge >= 0.3 is 0 Å². The lowest BCUT2D eigenvalue weighted by molar-refractivity contribution is -0.140. The third-order valence-corrected chi connectivity index (χ3v) is 5.11. The average Bonchev–Trinajstić information content (AvgIpc) is 3.00. The van der Waals surface area contributed by atoms with Crippen LogP contribution in [-0.2, 0) is 16.1 Å². The molecule has 1 fully saturated rings. The van der Waals surface area contributed by atoms with Crippen LogP contribution < -0.4 is 0 Å². The van der Waals surface area contributed by atoms with Crippen molar-refractivity contribution in [2.45, 2.75) is 12.6 Å². The Morgan fingerprint density at radius 1 is 0.903 bits per heavy atom. The highest BCUT2D eigenvalue weighted by atomic mass is 19.1. The molecular formula is C24H17F2NO4. The molecule has 3 aromatic carbocycles. The molecule has 3 aromatic rings. The largest absolute Gasteiger partial charge is 0.508 e. The fourth-order valence-electron chi connectivity index (χ4n) is 3.63. The molecule has 0 bridgehead atoms. The summed E-state index contributed by atoms with van der Waals surface area (Å²) < 4.78 is 26.6. The second-order valence-corrected chi connectivity index (χ2v) is 7.16. The maximum absolute atomic E-state index is 13.3. The van der Waals surface area contributed by atoms with Gasteiger partial charge in [-0.3, -0.25) is 9.59 Å². The van der Waals surface area contributed by atoms with Crippen molar-refractivity contribution >= 4 is 17.4 Å². The molecule has 0 spiro atoms. The molecule has 1 heterocycles. The third kappa shape index (κ3) is 3.90. The maximum Gasteiger partial charge on any atom is 0.295 e. The van der Waals surface area contributed by atoms with E-state index in [9.17, 15) is 28.6 Å². The second-order valence-electron chi connectivity index (χ2n) is 7.16. The fraction of sp³-hybridized carbons (Fsp3) is 0.0833. The molecule has 1 unspecified atom stereocenters. The Balaban J connectivity index is 1.85. The predicted octanol–water partition coefficient (Wildman–Crippen LogP) is 4.29. The number of nitrogens with zero attached hydrogens (tertiary/aromatic N) is 1. The number of likely N-dealkylation sites (tertiary alicyclic amines) is 1. The Kier molecular flexibility index (Phi) is 5.25. The number of phenols is 1. The van der Waals surface area contributed by atoms with Crippen LogP contribution in [-0.4, -0.2) is 26.8 Å². The van der Waals surface area contributed by atoms with Gasteiger partial charge in [-0.25, -0.2) is 8.78 Å². The molecule has 7 heteroatoms. The van der Waals surface area contributed by atoms with Crippen molar-refractivity contribution in [1.82, 2.24) is 4.90 Å². The van der Waals surface area contributed by atoms with E-state index in [0.717, 1.165) is 12.1 Å². The highest BCUT2D eigenvalue weighted by Gasteiger charge is 2.46. The molecule has 5 nitrogen and oxygen atoms in total. The number of aromatic hydroxyl groups is 1. The Morgan fingerprint density at radius 2 is 1.52 bits per heavy atom. The summed E-state index contributed by atoms with van der Waals surface area (Å²) in [6, 6.07) is 15.4. The molecule has 0 saturated carbocycles. The van der Waals surface area contributed by atoms with Crippen LogP contribution in [0.4, 0.5) is 8.78 Å². The minimum Gasteiger partial charge on any atom is -0.508 e. The summed E-state index contributed by atoms with van der Waals surface area (Å²) in [6.07, 6.45) is 0. The van der Waals surface area contributed by atoms with Crippen molar-refractivity contribution in [1.29, 1.82) is 0 Å². The van der Waals surface area contributed by atoms with Gasteiger partial charge in [-0.1, -0.05) is 24.3 Å². The number of ketones is 1. The number of hydrogen-bond acceptors (Lipinski definition) is 4. The van der Waals surface area contributed by atoms with Crippen LogP contribution in [0.2, 0.25) is 0 Å². The molecular weight excluding hydrogens is 404 g/mol. The molecule has 1 aliphatic rings. The SMILES string of the molecule is O=C1C(=O)N(Cc2ccc(F)cc2)C(c2cccc(O)c2)/C1=C(/O)c1ccc(F)cc1. The van der Waals surface area contributed by atoms with Crippen LogP contribution in [0, 0.1) is 11.6 Å². The van der Waals surface area contributed by atoms with E-state index in [1.807, 2.05) is 0 Å². The normalized spacial score (nSPS) is 17.9. The van der Waals surface area contributed by atoms with Crippen LogP contribution >= 0.6 is 0 Å². The smallest absolute Gasteiger partial charge is 0.295 e. The van der Waals surface area contributed by atoms with Crippen molar-refractivity contribution in [2.75, 3.05) is 0 Å². The zero-order valence-corrected chi connectivity index (χ0v) is 16.1. The lowest BCUT2D eigenvalue weighted by Gasteiger charge is -2.25. The molecule has 1 saturated heterocycles. The third-order valence-electron chi connectivity index (χ3n) is 5.11. The highest BCUT2D eigenvalue weighted by molar-refractivity contribution is 6.46. The van der Waals surface area contributed by atoms with Crippen LogP contribution in [0.1, 0.15) is 22.7 Å². The van der Waals surface area contributed by atoms with Gasteiger partial charge in [0.05, 0.1) is 11.6 Å². The van der Waals surface area contributed by atoms with Gasteiger partial charge in [0.25, 0.3) is 11.7 Å². The minimum absolute atomic E-state index is 0.0224. The first kappa shape index (κ1) is 20.3. The van der Waals surface area contributed by atoms with Crippen LogP contribution in [0.3, 0.4) is 0 Å². The molecule has 0 aromatic heterocycles. The van der Waals surface area contributed by atoms with Gasteiger partial charge in [0.15, 0.2) is 0 Å². The van der Waals surface area contributed by atoms with E-state index < -0.39 is 35.1 Å². The monoisotopic (exact) mass is 421 g/mol. The molecule has 31 heavy (non-hydrogen) atoms. The van der Waals surface area contributed by atoms with Crippen LogP contribution in [0.25, 0.3) is 5.76 Å². The van der Waals surface area contributed by atoms with E-state index in [-0.39, 0.29) is 23.4 Å². The van der Waals surface area contributed by atoms with E-state index in [1.54, 1.807) is 12.1 Å². The van der Waals surface area contributed by atoms with Gasteiger partial charge in [0.1, 0.15) is 23.1 Å². The second kappa shape index (κ2) is 8.02. The number of benzene rings is 3. The number of carbonyl (C=O) groups excluding carboxylic acids is 2. The van der Waals surface area contributed by atoms with Crippen LogP contribution in [0.15, 0.2) is 78.4 Å². The van der Waals surface area contributed by atoms with E-state index in [2.05, 4.69) is 0 Å². The van der Waals surface area contributed by atoms with E-state index in [4.69, 9.17) is 0 Å². The lowest BCUT2D eigenvalue weighted by atomic mass is 9.95. The predicted molar refractivity (Wildman–Crippen MR) is 109 cm³/mol. The summed E-state index contributed by atoms with van der Waals surface area (Å²) in [7, 11) is 0. The van der Waals surface area contributed by atoms with Crippen LogP contribution in [0.5, 0.6) is 5.75 Å². The fourth-order valence-corrected chi connectivity index (χ4v) is 3.63. The summed E-state index contributed by atoms with van der Waals surface area (Å²) in [6.45, 7) is -0.0224. The summed E-state index contributed by atoms with van der Waals surface area (Å²) in [5.74, 6) is -3.23. The standard InChI is InChI=1S/C24H17F2NO4/c25-17-8-4-14(5-9-17)13-27-21(16-2-1-3-19(28)12-16)20(23(30)24(27)31)22(29)15-6-10-18(26)11-7-15/h1-12,21,28-29H,13H2/b22-20-. The van der Waals surface area contributed by atoms with Crippen molar-refractivity contribution < 1.29 is 28.6 Å². The number of aliphatic hydroxyl groups excluding tert-OH is 1. The summed E-state index contributed by atoms with van der Waals surface area (Å²) in [5, 5.41) is 20.8. The Hall–Kier alpha value is -4.00. The topological polar surface area (TPSA) is 77.8 Å². The molecule has 0 aliphatic carbocycles. The number of carbonyl (C=O) groups is 2. The molecule has 4 rings (SSSR count). The minimum atomic E-state index is -0.998. The summed E-state index contributed by atoms with van der Waals surface area (Å²) >= 11 is 0. The number of rotatable bonds is 4. The summed E-state index contributed by atoms with van der Waals surface area (Å²) in [4.78, 5) is 27.0. The first-order valence-corrected chi connectivity index (χ1v) is 9.43. The van der Waals surface area contributed by atoms with E-state index in [1.165, 1.54) is 53.4 Å². The van der Waals surface area contributed by atoms with E-state index >= 15 is 0 Å². The zero-order valence-electron chi connectivity index (χ0n) is 16.1. The molecule has 0 radical (unpaired) electrons. The number of halogens is 2. The Bertz CT molecular complexity index is 1190. The maximum atomic E-state index is 13.3. The number of Topliss-reactive ketones (excluding diaryl/α,β-unsaturated/α-hetero) is 1. The number of phenolic OH excluding ortho intramolecular Hbond substituents is 1. The first-order chi connectivity index (χ1) is 14.8. The Labute approximate surface area is 176 Å². The quantitative estimate of drug-likeness (QED) is 0.374. The number of hydrogen-bond donors (Lipinski definition) is 2. The molecule has 1 amide bonds. The van der Waals surface area contributed by atoms with Gasteiger partial charge in [-0.2, -0.15) is 0 Å². The van der Waals surface area contributed by atoms with Gasteiger partial charge in [-0.05, 0) is 59.7 Å². The van der Waals surface area contributed by atoms with E-state index in [0.29, 0.717) is 11.1 Å². The number of amides is 1. The van der Waals surface area contributed by atoms with Crippen molar-refractivity contribution in [2.24, 2.45) is 0 Å². The lowest BCUT2D eigenvalue weighted by Crippen LogP contribution is -2.29. The Morgan fingerprint density at radius 3 is 2.13 bits per heavy atom. The van der Waals surface area contributed by atoms with Crippen molar-refractivity contribution in [3.63, 3.8) is 0 Å². The van der Waals surface area contributed by atoms with Crippen molar-refractivity contribution in [3.8, 4) is 5.75 Å². The molecule has 156 valence electrons. The summed E-state index contributed by atoms with van der Waals surface area (Å²) in [5.41, 5.74) is 0.982. The zero-order chi connectivity index (χ0) is 22.1. The molecule has 2 N–H and O–H groups in total.